The van der Waals surface area contributed by atoms with Gasteiger partial charge in [-0.3, -0.25) is 0 Å². The summed E-state index contributed by atoms with van der Waals surface area (Å²) in [6, 6.07) is 6.81. The molecule has 1 fully saturated rings. The zero-order valence-electron chi connectivity index (χ0n) is 11.3. The van der Waals surface area contributed by atoms with Gasteiger partial charge in [-0.15, -0.1) is 0 Å². The van der Waals surface area contributed by atoms with E-state index in [0.717, 1.165) is 19.5 Å². The quantitative estimate of drug-likeness (QED) is 0.936. The Bertz CT molecular complexity index is 570. The van der Waals surface area contributed by atoms with Gasteiger partial charge in [0.15, 0.2) is 0 Å². The molecule has 1 aliphatic heterocycles. The van der Waals surface area contributed by atoms with Crippen LogP contribution in [0.4, 0.5) is 0 Å². The van der Waals surface area contributed by atoms with E-state index in [1.54, 1.807) is 0 Å². The van der Waals surface area contributed by atoms with Crippen LogP contribution >= 0.6 is 15.9 Å². The fraction of sp³-hybridized carbons (Fsp3) is 0.467. The Morgan fingerprint density at radius 2 is 2.05 bits per heavy atom. The van der Waals surface area contributed by atoms with Gasteiger partial charge in [-0.2, -0.15) is 0 Å². The summed E-state index contributed by atoms with van der Waals surface area (Å²) >= 11 is 3.61. The Morgan fingerprint density at radius 1 is 1.26 bits per heavy atom. The van der Waals surface area contributed by atoms with Crippen LogP contribution in [0.3, 0.4) is 0 Å². The molecule has 3 nitrogen and oxygen atoms in total. The Labute approximate surface area is 122 Å². The minimum absolute atomic E-state index is 1.13. The second-order valence-electron chi connectivity index (χ2n) is 5.28. The van der Waals surface area contributed by atoms with E-state index >= 15 is 0 Å². The number of nitrogens with one attached hydrogen (secondary N) is 1. The van der Waals surface area contributed by atoms with Crippen molar-refractivity contribution in [2.75, 3.05) is 32.7 Å². The fourth-order valence-electron chi connectivity index (χ4n) is 2.76. The molecule has 1 saturated heterocycles. The summed E-state index contributed by atoms with van der Waals surface area (Å²) in [6.45, 7) is 5.78. The average molecular weight is 322 g/mol. The molecule has 2 heterocycles. The molecule has 1 N–H and O–H groups in total. The van der Waals surface area contributed by atoms with Gasteiger partial charge in [0.05, 0.1) is 0 Å². The maximum absolute atomic E-state index is 3.61. The number of fused-ring (bicyclic) bond motifs is 1. The van der Waals surface area contributed by atoms with Gasteiger partial charge in [-0.1, -0.05) is 12.1 Å². The van der Waals surface area contributed by atoms with Crippen molar-refractivity contribution in [3.05, 3.63) is 34.4 Å². The molecule has 1 aliphatic rings. The number of hydrogen-bond acceptors (Lipinski definition) is 2. The molecule has 0 bridgehead atoms. The van der Waals surface area contributed by atoms with E-state index in [0.29, 0.717) is 0 Å². The number of aryl methyl sites for hydroxylation is 1. The number of rotatable bonds is 3. The molecule has 0 amide bonds. The molecule has 0 unspecified atom stereocenters. The van der Waals surface area contributed by atoms with E-state index in [1.165, 1.54) is 40.6 Å². The van der Waals surface area contributed by atoms with Crippen LogP contribution in [-0.2, 0) is 13.5 Å². The van der Waals surface area contributed by atoms with Crippen LogP contribution in [0.2, 0.25) is 0 Å². The molecule has 0 saturated carbocycles. The van der Waals surface area contributed by atoms with Gasteiger partial charge in [-0.25, -0.2) is 0 Å². The first-order valence-corrected chi connectivity index (χ1v) is 7.70. The molecule has 1 aromatic heterocycles. The summed E-state index contributed by atoms with van der Waals surface area (Å²) < 4.78 is 3.37. The predicted molar refractivity (Wildman–Crippen MR) is 83.6 cm³/mol. The average Bonchev–Trinajstić information content (AvgIpc) is 2.73. The van der Waals surface area contributed by atoms with Crippen molar-refractivity contribution in [3.8, 4) is 0 Å². The van der Waals surface area contributed by atoms with Gasteiger partial charge in [-0.05, 0) is 34.0 Å². The van der Waals surface area contributed by atoms with Gasteiger partial charge in [0.2, 0.25) is 0 Å². The van der Waals surface area contributed by atoms with Crippen LogP contribution < -0.4 is 5.32 Å². The highest BCUT2D eigenvalue weighted by atomic mass is 79.9. The molecule has 0 spiro atoms. The SMILES string of the molecule is Cn1cc(Br)c2ccc(CCN3CCNCC3)cc21. The number of aromatic nitrogens is 1. The van der Waals surface area contributed by atoms with Crippen LogP contribution in [-0.4, -0.2) is 42.2 Å². The van der Waals surface area contributed by atoms with Crippen molar-refractivity contribution in [2.24, 2.45) is 7.05 Å². The van der Waals surface area contributed by atoms with Gasteiger partial charge in [0, 0.05) is 61.3 Å². The van der Waals surface area contributed by atoms with Gasteiger partial charge < -0.3 is 14.8 Å². The third kappa shape index (κ3) is 2.86. The molecule has 19 heavy (non-hydrogen) atoms. The minimum atomic E-state index is 1.13. The third-order valence-electron chi connectivity index (χ3n) is 3.93. The Balaban J connectivity index is 1.72. The standard InChI is InChI=1S/C15H20BrN3/c1-18-11-14(16)13-3-2-12(10-15(13)18)4-7-19-8-5-17-6-9-19/h2-3,10-11,17H,4-9H2,1H3. The van der Waals surface area contributed by atoms with E-state index < -0.39 is 0 Å². The van der Waals surface area contributed by atoms with Crippen LogP contribution in [0, 0.1) is 0 Å². The smallest absolute Gasteiger partial charge is 0.0492 e. The lowest BCUT2D eigenvalue weighted by molar-refractivity contribution is 0.244. The lowest BCUT2D eigenvalue weighted by Gasteiger charge is -2.27. The first-order valence-electron chi connectivity index (χ1n) is 6.90. The molecule has 0 aliphatic carbocycles. The predicted octanol–water partition coefficient (Wildman–Crippen LogP) is 2.39. The van der Waals surface area contributed by atoms with Crippen molar-refractivity contribution in [1.29, 1.82) is 0 Å². The summed E-state index contributed by atoms with van der Waals surface area (Å²) in [7, 11) is 2.10. The Hall–Kier alpha value is -0.840. The molecular weight excluding hydrogens is 302 g/mol. The van der Waals surface area contributed by atoms with Gasteiger partial charge in [0.25, 0.3) is 0 Å². The summed E-state index contributed by atoms with van der Waals surface area (Å²) in [5.41, 5.74) is 2.74. The molecule has 102 valence electrons. The summed E-state index contributed by atoms with van der Waals surface area (Å²) in [5.74, 6) is 0. The second-order valence-corrected chi connectivity index (χ2v) is 6.14. The third-order valence-corrected chi connectivity index (χ3v) is 4.56. The summed E-state index contributed by atoms with van der Waals surface area (Å²) in [4.78, 5) is 2.54. The first kappa shape index (κ1) is 13.2. The second kappa shape index (κ2) is 5.65. The highest BCUT2D eigenvalue weighted by molar-refractivity contribution is 9.10. The first-order chi connectivity index (χ1) is 9.24. The fourth-order valence-corrected chi connectivity index (χ4v) is 3.40. The molecule has 0 atom stereocenters. The highest BCUT2D eigenvalue weighted by Crippen LogP contribution is 2.26. The monoisotopic (exact) mass is 321 g/mol. The van der Waals surface area contributed by atoms with Crippen molar-refractivity contribution in [1.82, 2.24) is 14.8 Å². The number of halogens is 1. The minimum Gasteiger partial charge on any atom is -0.349 e. The highest BCUT2D eigenvalue weighted by Gasteiger charge is 2.10. The Kier molecular flexibility index (Phi) is 3.91. The molecule has 3 rings (SSSR count). The number of piperazine rings is 1. The zero-order chi connectivity index (χ0) is 13.2. The van der Waals surface area contributed by atoms with Crippen LogP contribution in [0.5, 0.6) is 0 Å². The van der Waals surface area contributed by atoms with Gasteiger partial charge >= 0.3 is 0 Å². The maximum atomic E-state index is 3.61. The van der Waals surface area contributed by atoms with Crippen LogP contribution in [0.15, 0.2) is 28.9 Å². The zero-order valence-corrected chi connectivity index (χ0v) is 12.9. The summed E-state index contributed by atoms with van der Waals surface area (Å²) in [6.07, 6.45) is 3.27. The number of hydrogen-bond donors (Lipinski definition) is 1. The molecule has 1 aromatic carbocycles. The van der Waals surface area contributed by atoms with E-state index in [-0.39, 0.29) is 0 Å². The summed E-state index contributed by atoms with van der Waals surface area (Å²) in [5, 5.41) is 4.70. The maximum Gasteiger partial charge on any atom is 0.0492 e. The largest absolute Gasteiger partial charge is 0.349 e. The van der Waals surface area contributed by atoms with E-state index in [2.05, 4.69) is 62.2 Å². The van der Waals surface area contributed by atoms with Gasteiger partial charge in [0.1, 0.15) is 0 Å². The van der Waals surface area contributed by atoms with E-state index in [1.807, 2.05) is 0 Å². The van der Waals surface area contributed by atoms with Crippen molar-refractivity contribution in [3.63, 3.8) is 0 Å². The van der Waals surface area contributed by atoms with Crippen molar-refractivity contribution >= 4 is 26.8 Å². The number of nitrogens with zero attached hydrogens (tertiary/aromatic N) is 2. The van der Waals surface area contributed by atoms with E-state index in [4.69, 9.17) is 0 Å². The lowest BCUT2D eigenvalue weighted by atomic mass is 10.1. The number of benzene rings is 1. The van der Waals surface area contributed by atoms with Crippen LogP contribution in [0.25, 0.3) is 10.9 Å². The topological polar surface area (TPSA) is 20.2 Å². The van der Waals surface area contributed by atoms with Crippen molar-refractivity contribution < 1.29 is 0 Å². The van der Waals surface area contributed by atoms with Crippen molar-refractivity contribution in [2.45, 2.75) is 6.42 Å². The molecular formula is C15H20BrN3. The normalized spacial score (nSPS) is 17.2. The Morgan fingerprint density at radius 3 is 2.84 bits per heavy atom. The molecule has 4 heteroatoms. The van der Waals surface area contributed by atoms with E-state index in [9.17, 15) is 0 Å². The molecule has 2 aromatic rings. The molecule has 0 radical (unpaired) electrons. The lowest BCUT2D eigenvalue weighted by Crippen LogP contribution is -2.44. The van der Waals surface area contributed by atoms with Crippen LogP contribution in [0.1, 0.15) is 5.56 Å².